The molecule has 4 nitrogen and oxygen atoms in total. The molecule has 1 aromatic rings. The van der Waals surface area contributed by atoms with Gasteiger partial charge >= 0.3 is 5.97 Å². The summed E-state index contributed by atoms with van der Waals surface area (Å²) < 4.78 is 6.00. The average molecular weight is 354 g/mol. The van der Waals surface area contributed by atoms with Gasteiger partial charge in [0.1, 0.15) is 17.4 Å². The minimum Gasteiger partial charge on any atom is -0.489 e. The number of likely N-dealkylation sites (tertiary alicyclic amines) is 1. The Bertz CT molecular complexity index is 556. The Morgan fingerprint density at radius 3 is 2.75 bits per heavy atom. The molecule has 5 heteroatoms. The summed E-state index contributed by atoms with van der Waals surface area (Å²) in [4.78, 5) is 13.9. The second-order valence-corrected chi connectivity index (χ2v) is 6.92. The van der Waals surface area contributed by atoms with Crippen LogP contribution in [0.5, 0.6) is 5.75 Å². The van der Waals surface area contributed by atoms with Gasteiger partial charge in [-0.05, 0) is 62.9 Å². The molecule has 134 valence electrons. The number of para-hydroxylation sites is 1. The van der Waals surface area contributed by atoms with Gasteiger partial charge in [-0.1, -0.05) is 25.5 Å². The Balaban J connectivity index is 0.00000208. The van der Waals surface area contributed by atoms with Gasteiger partial charge in [-0.3, -0.25) is 0 Å². The number of rotatable bonds is 6. The molecule has 1 atom stereocenters. The fourth-order valence-electron chi connectivity index (χ4n) is 3.84. The highest BCUT2D eigenvalue weighted by Crippen LogP contribution is 2.36. The lowest BCUT2D eigenvalue weighted by molar-refractivity contribution is 0.0689. The van der Waals surface area contributed by atoms with Gasteiger partial charge in [0, 0.05) is 6.42 Å². The molecule has 0 saturated carbocycles. The molecule has 1 aromatic carbocycles. The first-order valence-corrected chi connectivity index (χ1v) is 8.91. The summed E-state index contributed by atoms with van der Waals surface area (Å²) >= 11 is 0. The van der Waals surface area contributed by atoms with E-state index in [0.29, 0.717) is 17.2 Å². The fourth-order valence-corrected chi connectivity index (χ4v) is 3.84. The summed E-state index contributed by atoms with van der Waals surface area (Å²) in [5.41, 5.74) is 1.36. The monoisotopic (exact) mass is 353 g/mol. The van der Waals surface area contributed by atoms with Crippen LogP contribution >= 0.6 is 12.4 Å². The van der Waals surface area contributed by atoms with Crippen LogP contribution in [0.2, 0.25) is 0 Å². The van der Waals surface area contributed by atoms with Crippen molar-refractivity contribution in [2.45, 2.75) is 51.6 Å². The van der Waals surface area contributed by atoms with Crippen molar-refractivity contribution in [1.82, 2.24) is 4.90 Å². The highest BCUT2D eigenvalue weighted by molar-refractivity contribution is 5.91. The number of fused-ring (bicyclic) bond motifs is 1. The van der Waals surface area contributed by atoms with Crippen LogP contribution in [0.25, 0.3) is 0 Å². The van der Waals surface area contributed by atoms with Crippen LogP contribution in [0.4, 0.5) is 0 Å². The van der Waals surface area contributed by atoms with E-state index in [1.807, 2.05) is 12.1 Å². The first-order valence-electron chi connectivity index (χ1n) is 8.91. The molecule has 1 saturated heterocycles. The molecule has 2 aliphatic rings. The molecule has 0 aliphatic carbocycles. The highest BCUT2D eigenvalue weighted by atomic mass is 35.5. The van der Waals surface area contributed by atoms with Crippen molar-refractivity contribution >= 4 is 18.4 Å². The van der Waals surface area contributed by atoms with Crippen LogP contribution in [0.3, 0.4) is 0 Å². The van der Waals surface area contributed by atoms with E-state index in [1.54, 1.807) is 6.07 Å². The summed E-state index contributed by atoms with van der Waals surface area (Å²) in [6, 6.07) is 5.45. The number of piperidine rings is 1. The summed E-state index contributed by atoms with van der Waals surface area (Å²) in [6.07, 6.45) is 7.10. The number of nitrogens with zero attached hydrogens (tertiary/aromatic N) is 1. The lowest BCUT2D eigenvalue weighted by atomic mass is 9.90. The summed E-state index contributed by atoms with van der Waals surface area (Å²) in [5.74, 6) is 0.414. The highest BCUT2D eigenvalue weighted by Gasteiger charge is 2.30. The van der Waals surface area contributed by atoms with E-state index in [9.17, 15) is 9.90 Å². The minimum absolute atomic E-state index is 0. The van der Waals surface area contributed by atoms with Crippen LogP contribution in [-0.4, -0.2) is 41.7 Å². The SMILES string of the molecule is CCCCN1CCC(CC2Cc3cccc(C(=O)O)c3O2)CC1.Cl. The predicted molar refractivity (Wildman–Crippen MR) is 97.5 cm³/mol. The zero-order valence-electron chi connectivity index (χ0n) is 14.4. The van der Waals surface area contributed by atoms with Crippen molar-refractivity contribution in [2.24, 2.45) is 5.92 Å². The molecule has 3 rings (SSSR count). The quantitative estimate of drug-likeness (QED) is 0.839. The third-order valence-electron chi connectivity index (χ3n) is 5.19. The van der Waals surface area contributed by atoms with Crippen molar-refractivity contribution in [3.05, 3.63) is 29.3 Å². The number of benzene rings is 1. The van der Waals surface area contributed by atoms with Crippen molar-refractivity contribution in [2.75, 3.05) is 19.6 Å². The molecule has 0 spiro atoms. The Kier molecular flexibility index (Phi) is 6.93. The number of carboxylic acid groups (broad SMARTS) is 1. The second-order valence-electron chi connectivity index (χ2n) is 6.92. The lowest BCUT2D eigenvalue weighted by Gasteiger charge is -2.32. The van der Waals surface area contributed by atoms with Crippen molar-refractivity contribution in [3.8, 4) is 5.75 Å². The van der Waals surface area contributed by atoms with Crippen LogP contribution in [-0.2, 0) is 6.42 Å². The number of carboxylic acids is 1. The number of carbonyl (C=O) groups is 1. The molecule has 1 unspecified atom stereocenters. The topological polar surface area (TPSA) is 49.8 Å². The zero-order valence-corrected chi connectivity index (χ0v) is 15.2. The summed E-state index contributed by atoms with van der Waals surface area (Å²) in [7, 11) is 0. The molecule has 0 bridgehead atoms. The molecular formula is C19H28ClNO3. The maximum Gasteiger partial charge on any atom is 0.339 e. The van der Waals surface area contributed by atoms with E-state index in [1.165, 1.54) is 45.3 Å². The van der Waals surface area contributed by atoms with E-state index in [4.69, 9.17) is 4.74 Å². The van der Waals surface area contributed by atoms with Crippen molar-refractivity contribution in [3.63, 3.8) is 0 Å². The van der Waals surface area contributed by atoms with Crippen LogP contribution in [0.1, 0.15) is 54.9 Å². The van der Waals surface area contributed by atoms with Gasteiger partial charge in [0.2, 0.25) is 0 Å². The smallest absolute Gasteiger partial charge is 0.339 e. The second kappa shape index (κ2) is 8.72. The van der Waals surface area contributed by atoms with Crippen LogP contribution < -0.4 is 4.74 Å². The minimum atomic E-state index is -0.897. The Morgan fingerprint density at radius 2 is 2.08 bits per heavy atom. The molecule has 1 N–H and O–H groups in total. The Labute approximate surface area is 150 Å². The third kappa shape index (κ3) is 4.42. The molecule has 1 fully saturated rings. The van der Waals surface area contributed by atoms with Gasteiger partial charge in [0.25, 0.3) is 0 Å². The van der Waals surface area contributed by atoms with Gasteiger partial charge in [-0.15, -0.1) is 12.4 Å². The van der Waals surface area contributed by atoms with E-state index >= 15 is 0 Å². The van der Waals surface area contributed by atoms with Crippen molar-refractivity contribution < 1.29 is 14.6 Å². The molecule has 2 heterocycles. The normalized spacial score (nSPS) is 21.0. The fraction of sp³-hybridized carbons (Fsp3) is 0.632. The standard InChI is InChI=1S/C19H27NO3.ClH/c1-2-3-9-20-10-7-14(8-11-20)12-16-13-15-5-4-6-17(19(21)22)18(15)23-16;/h4-6,14,16H,2-3,7-13H2,1H3,(H,21,22);1H. The number of hydrogen-bond acceptors (Lipinski definition) is 3. The molecule has 24 heavy (non-hydrogen) atoms. The Morgan fingerprint density at radius 1 is 1.33 bits per heavy atom. The Hall–Kier alpha value is -1.26. The number of halogens is 1. The first kappa shape index (κ1) is 19.1. The van der Waals surface area contributed by atoms with Crippen LogP contribution in [0.15, 0.2) is 18.2 Å². The largest absolute Gasteiger partial charge is 0.489 e. The number of ether oxygens (including phenoxy) is 1. The third-order valence-corrected chi connectivity index (χ3v) is 5.19. The molecule has 2 aliphatic heterocycles. The lowest BCUT2D eigenvalue weighted by Crippen LogP contribution is -2.35. The van der Waals surface area contributed by atoms with Gasteiger partial charge in [-0.2, -0.15) is 0 Å². The van der Waals surface area contributed by atoms with Gasteiger partial charge in [-0.25, -0.2) is 4.79 Å². The summed E-state index contributed by atoms with van der Waals surface area (Å²) in [5, 5.41) is 9.27. The molecule has 0 aromatic heterocycles. The summed E-state index contributed by atoms with van der Waals surface area (Å²) in [6.45, 7) is 5.87. The van der Waals surface area contributed by atoms with E-state index in [2.05, 4.69) is 11.8 Å². The maximum atomic E-state index is 11.3. The van der Waals surface area contributed by atoms with Gasteiger partial charge < -0.3 is 14.7 Å². The molecule has 0 amide bonds. The molecule has 0 radical (unpaired) electrons. The maximum absolute atomic E-state index is 11.3. The number of hydrogen-bond donors (Lipinski definition) is 1. The van der Waals surface area contributed by atoms with E-state index < -0.39 is 5.97 Å². The predicted octanol–water partition coefficient (Wildman–Crippen LogP) is 4.01. The van der Waals surface area contributed by atoms with Gasteiger partial charge in [0.05, 0.1) is 0 Å². The van der Waals surface area contributed by atoms with Crippen molar-refractivity contribution in [1.29, 1.82) is 0 Å². The first-order chi connectivity index (χ1) is 11.2. The zero-order chi connectivity index (χ0) is 16.2. The molecular weight excluding hydrogens is 326 g/mol. The van der Waals surface area contributed by atoms with E-state index in [0.717, 1.165) is 18.4 Å². The number of aromatic carboxylic acids is 1. The van der Waals surface area contributed by atoms with E-state index in [-0.39, 0.29) is 18.5 Å². The van der Waals surface area contributed by atoms with Gasteiger partial charge in [0.15, 0.2) is 0 Å². The number of unbranched alkanes of at least 4 members (excludes halogenated alkanes) is 1. The van der Waals surface area contributed by atoms with Crippen LogP contribution in [0, 0.1) is 5.92 Å². The average Bonchev–Trinajstić information content (AvgIpc) is 2.96.